The number of rotatable bonds is 7. The molecule has 0 radical (unpaired) electrons. The molecule has 3 heteroatoms. The van der Waals surface area contributed by atoms with Gasteiger partial charge in [-0.25, -0.2) is 0 Å². The number of hydrogen-bond acceptors (Lipinski definition) is 3. The molecule has 1 heterocycles. The second kappa shape index (κ2) is 7.83. The first-order chi connectivity index (χ1) is 6.93. The van der Waals surface area contributed by atoms with Crippen LogP contribution in [0.3, 0.4) is 0 Å². The van der Waals surface area contributed by atoms with Crippen molar-refractivity contribution in [2.75, 3.05) is 19.0 Å². The largest absolute Gasteiger partial charge is 0.381 e. The van der Waals surface area contributed by atoms with Gasteiger partial charge in [-0.3, -0.25) is 4.98 Å². The summed E-state index contributed by atoms with van der Waals surface area (Å²) >= 11 is 1.87. The van der Waals surface area contributed by atoms with Crippen LogP contribution in [0.5, 0.6) is 0 Å². The number of thioether (sulfide) groups is 1. The summed E-state index contributed by atoms with van der Waals surface area (Å²) < 4.78 is 5.38. The lowest BCUT2D eigenvalue weighted by Crippen LogP contribution is -1.98. The lowest BCUT2D eigenvalue weighted by molar-refractivity contribution is 0.151. The highest BCUT2D eigenvalue weighted by Gasteiger charge is 1.93. The molecule has 0 bridgehead atoms. The van der Waals surface area contributed by atoms with Crippen LogP contribution in [-0.2, 0) is 10.5 Å². The first kappa shape index (κ1) is 11.5. The van der Waals surface area contributed by atoms with E-state index in [0.29, 0.717) is 0 Å². The lowest BCUT2D eigenvalue weighted by atomic mass is 10.4. The van der Waals surface area contributed by atoms with Crippen molar-refractivity contribution in [2.24, 2.45) is 0 Å². The van der Waals surface area contributed by atoms with E-state index in [0.717, 1.165) is 36.8 Å². The predicted molar refractivity (Wildman–Crippen MR) is 61.5 cm³/mol. The zero-order chi connectivity index (χ0) is 10.1. The van der Waals surface area contributed by atoms with Crippen LogP contribution in [0.2, 0.25) is 0 Å². The van der Waals surface area contributed by atoms with Gasteiger partial charge in [0.05, 0.1) is 12.3 Å². The molecule has 14 heavy (non-hydrogen) atoms. The summed E-state index contributed by atoms with van der Waals surface area (Å²) in [6.07, 6.45) is 2.94. The average molecular weight is 211 g/mol. The van der Waals surface area contributed by atoms with E-state index in [9.17, 15) is 0 Å². The van der Waals surface area contributed by atoms with Gasteiger partial charge in [0.2, 0.25) is 0 Å². The topological polar surface area (TPSA) is 22.1 Å². The summed E-state index contributed by atoms with van der Waals surface area (Å²) in [7, 11) is 0. The molecule has 0 aliphatic rings. The second-order valence-corrected chi connectivity index (χ2v) is 4.09. The SMILES string of the molecule is CCCOCCSCc1ccccn1. The van der Waals surface area contributed by atoms with Crippen molar-refractivity contribution in [2.45, 2.75) is 19.1 Å². The zero-order valence-corrected chi connectivity index (χ0v) is 9.43. The summed E-state index contributed by atoms with van der Waals surface area (Å²) in [5.74, 6) is 2.03. The Morgan fingerprint density at radius 3 is 3.00 bits per heavy atom. The highest BCUT2D eigenvalue weighted by molar-refractivity contribution is 7.98. The van der Waals surface area contributed by atoms with Crippen molar-refractivity contribution in [1.82, 2.24) is 4.98 Å². The van der Waals surface area contributed by atoms with Crippen LogP contribution in [0.15, 0.2) is 24.4 Å². The number of ether oxygens (including phenoxy) is 1. The van der Waals surface area contributed by atoms with Crippen LogP contribution in [0.4, 0.5) is 0 Å². The minimum atomic E-state index is 0.853. The van der Waals surface area contributed by atoms with E-state index >= 15 is 0 Å². The monoisotopic (exact) mass is 211 g/mol. The molecule has 0 amide bonds. The molecule has 1 aromatic rings. The highest BCUT2D eigenvalue weighted by Crippen LogP contribution is 2.08. The molecule has 0 aromatic carbocycles. The van der Waals surface area contributed by atoms with Crippen LogP contribution in [-0.4, -0.2) is 24.0 Å². The van der Waals surface area contributed by atoms with Crippen molar-refractivity contribution < 1.29 is 4.74 Å². The van der Waals surface area contributed by atoms with Gasteiger partial charge >= 0.3 is 0 Å². The van der Waals surface area contributed by atoms with Crippen LogP contribution < -0.4 is 0 Å². The van der Waals surface area contributed by atoms with E-state index in [1.807, 2.05) is 30.1 Å². The quantitative estimate of drug-likeness (QED) is 0.647. The second-order valence-electron chi connectivity index (χ2n) is 2.99. The van der Waals surface area contributed by atoms with E-state index < -0.39 is 0 Å². The minimum absolute atomic E-state index is 0.853. The molecule has 0 aliphatic heterocycles. The minimum Gasteiger partial charge on any atom is -0.381 e. The summed E-state index contributed by atoms with van der Waals surface area (Å²) in [5, 5.41) is 0. The maximum Gasteiger partial charge on any atom is 0.0556 e. The van der Waals surface area contributed by atoms with Crippen molar-refractivity contribution >= 4 is 11.8 Å². The maximum absolute atomic E-state index is 5.38. The average Bonchev–Trinajstić information content (AvgIpc) is 2.25. The smallest absolute Gasteiger partial charge is 0.0556 e. The van der Waals surface area contributed by atoms with Crippen LogP contribution in [0.1, 0.15) is 19.0 Å². The van der Waals surface area contributed by atoms with E-state index in [1.54, 1.807) is 0 Å². The fourth-order valence-electron chi connectivity index (χ4n) is 1.02. The summed E-state index contributed by atoms with van der Waals surface area (Å²) in [6.45, 7) is 3.86. The van der Waals surface area contributed by atoms with Crippen LogP contribution >= 0.6 is 11.8 Å². The van der Waals surface area contributed by atoms with Gasteiger partial charge in [-0.15, -0.1) is 0 Å². The molecule has 0 saturated carbocycles. The molecule has 1 aromatic heterocycles. The van der Waals surface area contributed by atoms with Crippen LogP contribution in [0, 0.1) is 0 Å². The predicted octanol–water partition coefficient (Wildman–Crippen LogP) is 2.74. The number of hydrogen-bond donors (Lipinski definition) is 0. The first-order valence-corrected chi connectivity index (χ1v) is 6.14. The Bertz CT molecular complexity index is 228. The van der Waals surface area contributed by atoms with Crippen molar-refractivity contribution in [3.05, 3.63) is 30.1 Å². The third-order valence-corrected chi connectivity index (χ3v) is 2.65. The molecule has 1 rings (SSSR count). The van der Waals surface area contributed by atoms with Crippen LogP contribution in [0.25, 0.3) is 0 Å². The van der Waals surface area contributed by atoms with Crippen molar-refractivity contribution in [3.8, 4) is 0 Å². The van der Waals surface area contributed by atoms with E-state index in [-0.39, 0.29) is 0 Å². The number of aromatic nitrogens is 1. The van der Waals surface area contributed by atoms with Gasteiger partial charge in [0.25, 0.3) is 0 Å². The Hall–Kier alpha value is -0.540. The van der Waals surface area contributed by atoms with Gasteiger partial charge < -0.3 is 4.74 Å². The summed E-state index contributed by atoms with van der Waals surface area (Å²) in [4.78, 5) is 4.25. The zero-order valence-electron chi connectivity index (χ0n) is 8.61. The summed E-state index contributed by atoms with van der Waals surface area (Å²) in [6, 6.07) is 6.02. The maximum atomic E-state index is 5.38. The molecule has 0 saturated heterocycles. The molecular formula is C11H17NOS. The molecule has 2 nitrogen and oxygen atoms in total. The fourth-order valence-corrected chi connectivity index (χ4v) is 1.78. The molecule has 0 atom stereocenters. The Kier molecular flexibility index (Phi) is 6.45. The lowest BCUT2D eigenvalue weighted by Gasteiger charge is -2.02. The Labute approximate surface area is 90.1 Å². The Morgan fingerprint density at radius 1 is 1.36 bits per heavy atom. The molecule has 0 unspecified atom stereocenters. The Morgan fingerprint density at radius 2 is 2.29 bits per heavy atom. The highest BCUT2D eigenvalue weighted by atomic mass is 32.2. The van der Waals surface area contributed by atoms with E-state index in [4.69, 9.17) is 4.74 Å². The van der Waals surface area contributed by atoms with Gasteiger partial charge in [-0.05, 0) is 18.6 Å². The number of nitrogens with zero attached hydrogens (tertiary/aromatic N) is 1. The molecule has 0 spiro atoms. The normalized spacial score (nSPS) is 10.4. The Balaban J connectivity index is 1.99. The first-order valence-electron chi connectivity index (χ1n) is 4.99. The van der Waals surface area contributed by atoms with Gasteiger partial charge in [0, 0.05) is 24.3 Å². The van der Waals surface area contributed by atoms with Crippen molar-refractivity contribution in [1.29, 1.82) is 0 Å². The molecular weight excluding hydrogens is 194 g/mol. The number of pyridine rings is 1. The molecule has 0 aliphatic carbocycles. The van der Waals surface area contributed by atoms with E-state index in [1.165, 1.54) is 0 Å². The van der Waals surface area contributed by atoms with Gasteiger partial charge in [-0.2, -0.15) is 11.8 Å². The van der Waals surface area contributed by atoms with E-state index in [2.05, 4.69) is 18.0 Å². The summed E-state index contributed by atoms with van der Waals surface area (Å²) in [5.41, 5.74) is 1.15. The molecule has 78 valence electrons. The third kappa shape index (κ3) is 5.25. The molecule has 0 fully saturated rings. The van der Waals surface area contributed by atoms with Gasteiger partial charge in [0.1, 0.15) is 0 Å². The molecule has 0 N–H and O–H groups in total. The van der Waals surface area contributed by atoms with Gasteiger partial charge in [0.15, 0.2) is 0 Å². The van der Waals surface area contributed by atoms with Gasteiger partial charge in [-0.1, -0.05) is 13.0 Å². The van der Waals surface area contributed by atoms with Crippen molar-refractivity contribution in [3.63, 3.8) is 0 Å². The third-order valence-electron chi connectivity index (χ3n) is 1.70. The standard InChI is InChI=1S/C11H17NOS/c1-2-7-13-8-9-14-10-11-5-3-4-6-12-11/h3-6H,2,7-10H2,1H3. The fraction of sp³-hybridized carbons (Fsp3) is 0.545.